The van der Waals surface area contributed by atoms with Gasteiger partial charge in [-0.3, -0.25) is 4.79 Å². The van der Waals surface area contributed by atoms with Gasteiger partial charge in [-0.25, -0.2) is 0 Å². The smallest absolute Gasteiger partial charge is 0.306 e. The summed E-state index contributed by atoms with van der Waals surface area (Å²) < 4.78 is 0. The summed E-state index contributed by atoms with van der Waals surface area (Å²) in [6.45, 7) is 0. The van der Waals surface area contributed by atoms with Crippen LogP contribution in [0.25, 0.3) is 0 Å². The Morgan fingerprint density at radius 1 is 1.20 bits per heavy atom. The Morgan fingerprint density at radius 2 is 1.50 bits per heavy atom. The van der Waals surface area contributed by atoms with Gasteiger partial charge in [-0.2, -0.15) is 0 Å². The molecule has 1 aliphatic rings. The molecule has 1 saturated carbocycles. The molecule has 0 aromatic carbocycles. The molecular formula is C6H14O4. The maximum atomic E-state index is 9.76. The number of hydrogen-bond donors (Lipinski definition) is 3. The van der Waals surface area contributed by atoms with E-state index in [0.29, 0.717) is 0 Å². The molecule has 1 fully saturated rings. The highest BCUT2D eigenvalue weighted by Gasteiger charge is 2.28. The lowest BCUT2D eigenvalue weighted by Gasteiger charge is -1.75. The second-order valence-electron chi connectivity index (χ2n) is 1.61. The molecule has 3 N–H and O–H groups in total. The molecule has 0 aromatic heterocycles. The van der Waals surface area contributed by atoms with E-state index in [1.54, 1.807) is 0 Å². The van der Waals surface area contributed by atoms with Crippen LogP contribution in [0.15, 0.2) is 0 Å². The highest BCUT2D eigenvalue weighted by Crippen LogP contribution is 2.28. The molecule has 4 nitrogen and oxygen atoms in total. The number of carbonyl (C=O) groups is 1. The van der Waals surface area contributed by atoms with Crippen LogP contribution in [0.2, 0.25) is 0 Å². The topological polar surface area (TPSA) is 77.8 Å². The second-order valence-corrected chi connectivity index (χ2v) is 1.61. The first-order valence-corrected chi connectivity index (χ1v) is 2.93. The first-order chi connectivity index (χ1) is 4.80. The summed E-state index contributed by atoms with van der Waals surface area (Å²) in [5, 5.41) is 22.1. The monoisotopic (exact) mass is 150 g/mol. The molecule has 0 bridgehead atoms. The molecule has 0 spiro atoms. The van der Waals surface area contributed by atoms with Crippen LogP contribution < -0.4 is 0 Å². The average Bonchev–Trinajstić information content (AvgIpc) is 2.78. The van der Waals surface area contributed by atoms with Gasteiger partial charge >= 0.3 is 5.97 Å². The molecule has 4 heteroatoms. The molecule has 0 atom stereocenters. The summed E-state index contributed by atoms with van der Waals surface area (Å²) in [7, 11) is 2.00. The minimum absolute atomic E-state index is 0.0185. The molecule has 1 rings (SSSR count). The van der Waals surface area contributed by atoms with E-state index in [-0.39, 0.29) is 5.92 Å². The molecule has 62 valence electrons. The van der Waals surface area contributed by atoms with Crippen LogP contribution in [0.1, 0.15) is 12.8 Å². The first kappa shape index (κ1) is 12.1. The molecule has 0 radical (unpaired) electrons. The van der Waals surface area contributed by atoms with Gasteiger partial charge in [0.15, 0.2) is 0 Å². The van der Waals surface area contributed by atoms with Gasteiger partial charge < -0.3 is 15.3 Å². The fourth-order valence-electron chi connectivity index (χ4n) is 0.330. The van der Waals surface area contributed by atoms with E-state index < -0.39 is 5.97 Å². The second kappa shape index (κ2) is 8.39. The van der Waals surface area contributed by atoms with Crippen molar-refractivity contribution in [1.29, 1.82) is 0 Å². The van der Waals surface area contributed by atoms with E-state index in [2.05, 4.69) is 0 Å². The summed E-state index contributed by atoms with van der Waals surface area (Å²) in [5.74, 6) is -0.611. The van der Waals surface area contributed by atoms with Gasteiger partial charge in [-0.1, -0.05) is 0 Å². The zero-order valence-electron chi connectivity index (χ0n) is 6.24. The maximum Gasteiger partial charge on any atom is 0.306 e. The molecule has 0 heterocycles. The summed E-state index contributed by atoms with van der Waals surface area (Å²) in [5.41, 5.74) is 0. The van der Waals surface area contributed by atoms with Crippen LogP contribution in [-0.4, -0.2) is 35.5 Å². The number of aliphatic hydroxyl groups excluding tert-OH is 2. The third-order valence-corrected chi connectivity index (χ3v) is 0.927. The summed E-state index contributed by atoms with van der Waals surface area (Å²) in [4.78, 5) is 9.76. The highest BCUT2D eigenvalue weighted by molar-refractivity contribution is 5.72. The minimum Gasteiger partial charge on any atom is -0.481 e. The van der Waals surface area contributed by atoms with Crippen molar-refractivity contribution in [1.82, 2.24) is 0 Å². The van der Waals surface area contributed by atoms with Crippen molar-refractivity contribution in [3.05, 3.63) is 0 Å². The highest BCUT2D eigenvalue weighted by atomic mass is 16.4. The van der Waals surface area contributed by atoms with E-state index in [9.17, 15) is 4.79 Å². The number of aliphatic carboxylic acids is 1. The van der Waals surface area contributed by atoms with Gasteiger partial charge in [0, 0.05) is 14.2 Å². The van der Waals surface area contributed by atoms with Gasteiger partial charge in [0.2, 0.25) is 0 Å². The van der Waals surface area contributed by atoms with Crippen LogP contribution in [0, 0.1) is 5.92 Å². The molecule has 0 aliphatic heterocycles. The third kappa shape index (κ3) is 7.39. The van der Waals surface area contributed by atoms with E-state index in [0.717, 1.165) is 27.1 Å². The maximum absolute atomic E-state index is 9.76. The van der Waals surface area contributed by atoms with E-state index in [4.69, 9.17) is 15.3 Å². The average molecular weight is 150 g/mol. The van der Waals surface area contributed by atoms with Crippen LogP contribution >= 0.6 is 0 Å². The van der Waals surface area contributed by atoms with Gasteiger partial charge in [0.25, 0.3) is 0 Å². The van der Waals surface area contributed by atoms with Gasteiger partial charge in [0.05, 0.1) is 5.92 Å². The Kier molecular flexibility index (Phi) is 10.2. The van der Waals surface area contributed by atoms with Crippen molar-refractivity contribution in [3.8, 4) is 0 Å². The number of aliphatic hydroxyl groups is 2. The molecule has 0 aromatic rings. The minimum atomic E-state index is -0.630. The van der Waals surface area contributed by atoms with E-state index in [1.807, 2.05) is 0 Å². The first-order valence-electron chi connectivity index (χ1n) is 2.93. The zero-order chi connectivity index (χ0) is 8.57. The van der Waals surface area contributed by atoms with Crippen LogP contribution in [0.5, 0.6) is 0 Å². The molecular weight excluding hydrogens is 136 g/mol. The Morgan fingerprint density at radius 3 is 1.50 bits per heavy atom. The molecule has 0 unspecified atom stereocenters. The van der Waals surface area contributed by atoms with Gasteiger partial charge in [-0.05, 0) is 12.8 Å². The quantitative estimate of drug-likeness (QED) is 0.479. The lowest BCUT2D eigenvalue weighted by molar-refractivity contribution is -0.138. The van der Waals surface area contributed by atoms with Crippen molar-refractivity contribution in [2.75, 3.05) is 14.2 Å². The van der Waals surface area contributed by atoms with Crippen molar-refractivity contribution in [2.45, 2.75) is 12.8 Å². The fraction of sp³-hybridized carbons (Fsp3) is 0.833. The van der Waals surface area contributed by atoms with Crippen molar-refractivity contribution < 1.29 is 20.1 Å². The SMILES string of the molecule is CO.CO.O=C(O)C1CC1. The van der Waals surface area contributed by atoms with Crippen LogP contribution in [0.4, 0.5) is 0 Å². The van der Waals surface area contributed by atoms with Crippen molar-refractivity contribution in [3.63, 3.8) is 0 Å². The van der Waals surface area contributed by atoms with E-state index >= 15 is 0 Å². The number of carboxylic acids is 1. The lowest BCUT2D eigenvalue weighted by atomic mass is 10.5. The molecule has 10 heavy (non-hydrogen) atoms. The van der Waals surface area contributed by atoms with Gasteiger partial charge in [0.1, 0.15) is 0 Å². The zero-order valence-corrected chi connectivity index (χ0v) is 6.24. The molecule has 0 saturated heterocycles. The normalized spacial score (nSPS) is 13.6. The standard InChI is InChI=1S/C4H6O2.2CH4O/c5-4(6)3-1-2-3;2*1-2/h3H,1-2H2,(H,5,6);2*2H,1H3. The predicted molar refractivity (Wildman–Crippen MR) is 36.6 cm³/mol. The Hall–Kier alpha value is -0.610. The fourth-order valence-corrected chi connectivity index (χ4v) is 0.330. The number of rotatable bonds is 1. The third-order valence-electron chi connectivity index (χ3n) is 0.927. The summed E-state index contributed by atoms with van der Waals surface area (Å²) in [6.07, 6.45) is 1.80. The van der Waals surface area contributed by atoms with Crippen molar-refractivity contribution >= 4 is 5.97 Å². The predicted octanol–water partition coefficient (Wildman–Crippen LogP) is -0.302. The number of hydrogen-bond acceptors (Lipinski definition) is 3. The lowest BCUT2D eigenvalue weighted by Crippen LogP contribution is -1.94. The summed E-state index contributed by atoms with van der Waals surface area (Å²) >= 11 is 0. The summed E-state index contributed by atoms with van der Waals surface area (Å²) in [6, 6.07) is 0. The Bertz CT molecular complexity index is 77.8. The number of carboxylic acid groups (broad SMARTS) is 1. The van der Waals surface area contributed by atoms with Crippen molar-refractivity contribution in [2.24, 2.45) is 5.92 Å². The van der Waals surface area contributed by atoms with E-state index in [1.165, 1.54) is 0 Å². The Balaban J connectivity index is 0. The van der Waals surface area contributed by atoms with Crippen LogP contribution in [-0.2, 0) is 4.79 Å². The van der Waals surface area contributed by atoms with Gasteiger partial charge in [-0.15, -0.1) is 0 Å². The van der Waals surface area contributed by atoms with Crippen LogP contribution in [0.3, 0.4) is 0 Å². The largest absolute Gasteiger partial charge is 0.481 e. The molecule has 1 aliphatic carbocycles. The Labute approximate surface area is 60.1 Å². The molecule has 0 amide bonds.